The van der Waals surface area contributed by atoms with E-state index in [9.17, 15) is 15.2 Å². The Balaban J connectivity index is 1.99. The van der Waals surface area contributed by atoms with E-state index in [0.29, 0.717) is 17.1 Å². The highest BCUT2D eigenvalue weighted by atomic mass is 16.7. The van der Waals surface area contributed by atoms with Gasteiger partial charge in [0.05, 0.1) is 25.9 Å². The van der Waals surface area contributed by atoms with Crippen LogP contribution in [0.4, 0.5) is 0 Å². The predicted octanol–water partition coefficient (Wildman–Crippen LogP) is 3.48. The van der Waals surface area contributed by atoms with E-state index in [-0.39, 0.29) is 11.1 Å². The SMILES string of the molecule is COc1cc(C(C#N)C2(O)OC(=O)c3ccccc32)c(OC)c2ccccc12. The van der Waals surface area contributed by atoms with Gasteiger partial charge in [0.2, 0.25) is 0 Å². The molecule has 1 aliphatic rings. The molecule has 3 aromatic carbocycles. The number of cyclic esters (lactones) is 1. The number of nitrogens with zero attached hydrogens (tertiary/aromatic N) is 1. The highest BCUT2D eigenvalue weighted by Crippen LogP contribution is 2.49. The molecule has 0 saturated carbocycles. The highest BCUT2D eigenvalue weighted by molar-refractivity contribution is 5.96. The summed E-state index contributed by atoms with van der Waals surface area (Å²) in [4.78, 5) is 12.3. The molecule has 6 heteroatoms. The smallest absolute Gasteiger partial charge is 0.341 e. The molecule has 3 aromatic rings. The summed E-state index contributed by atoms with van der Waals surface area (Å²) in [7, 11) is 3.02. The second-order valence-corrected chi connectivity index (χ2v) is 6.44. The maximum atomic E-state index is 12.3. The third kappa shape index (κ3) is 2.41. The van der Waals surface area contributed by atoms with E-state index in [1.54, 1.807) is 30.3 Å². The van der Waals surface area contributed by atoms with Crippen LogP contribution in [0.1, 0.15) is 27.4 Å². The van der Waals surface area contributed by atoms with Crippen molar-refractivity contribution in [1.29, 1.82) is 5.26 Å². The van der Waals surface area contributed by atoms with Gasteiger partial charge >= 0.3 is 5.97 Å². The van der Waals surface area contributed by atoms with Crippen molar-refractivity contribution in [3.05, 3.63) is 71.3 Å². The van der Waals surface area contributed by atoms with Gasteiger partial charge in [0, 0.05) is 21.9 Å². The Morgan fingerprint density at radius 2 is 1.75 bits per heavy atom. The first kappa shape index (κ1) is 17.8. The van der Waals surface area contributed by atoms with Crippen LogP contribution in [-0.4, -0.2) is 25.3 Å². The van der Waals surface area contributed by atoms with Gasteiger partial charge in [-0.3, -0.25) is 0 Å². The van der Waals surface area contributed by atoms with Crippen LogP contribution in [0, 0.1) is 11.3 Å². The first-order chi connectivity index (χ1) is 13.5. The number of aliphatic hydroxyl groups is 1. The number of esters is 1. The number of hydrogen-bond acceptors (Lipinski definition) is 6. The Kier molecular flexibility index (Phi) is 4.17. The zero-order valence-corrected chi connectivity index (χ0v) is 15.3. The van der Waals surface area contributed by atoms with E-state index in [1.807, 2.05) is 24.3 Å². The zero-order chi connectivity index (χ0) is 19.9. The Hall–Kier alpha value is -3.56. The van der Waals surface area contributed by atoms with Crippen LogP contribution in [0.15, 0.2) is 54.6 Å². The van der Waals surface area contributed by atoms with Gasteiger partial charge in [0.25, 0.3) is 5.79 Å². The third-order valence-electron chi connectivity index (χ3n) is 5.02. The molecular weight excluding hydrogens is 358 g/mol. The average molecular weight is 375 g/mol. The maximum absolute atomic E-state index is 12.3. The molecule has 1 aliphatic heterocycles. The van der Waals surface area contributed by atoms with Crippen molar-refractivity contribution >= 4 is 16.7 Å². The van der Waals surface area contributed by atoms with Crippen molar-refractivity contribution in [1.82, 2.24) is 0 Å². The van der Waals surface area contributed by atoms with Gasteiger partial charge in [0.1, 0.15) is 17.4 Å². The molecule has 2 atom stereocenters. The molecule has 0 bridgehead atoms. The number of hydrogen-bond donors (Lipinski definition) is 1. The summed E-state index contributed by atoms with van der Waals surface area (Å²) in [5.41, 5.74) is 0.852. The van der Waals surface area contributed by atoms with E-state index in [2.05, 4.69) is 6.07 Å². The van der Waals surface area contributed by atoms with Gasteiger partial charge in [-0.25, -0.2) is 4.79 Å². The number of fused-ring (bicyclic) bond motifs is 2. The minimum atomic E-state index is -2.14. The van der Waals surface area contributed by atoms with Crippen molar-refractivity contribution in [2.45, 2.75) is 11.7 Å². The second-order valence-electron chi connectivity index (χ2n) is 6.44. The average Bonchev–Trinajstić information content (AvgIpc) is 2.99. The zero-order valence-electron chi connectivity index (χ0n) is 15.3. The van der Waals surface area contributed by atoms with Gasteiger partial charge in [-0.15, -0.1) is 0 Å². The van der Waals surface area contributed by atoms with Crippen molar-refractivity contribution in [3.8, 4) is 17.6 Å². The first-order valence-corrected chi connectivity index (χ1v) is 8.63. The molecule has 0 spiro atoms. The van der Waals surface area contributed by atoms with Crippen LogP contribution in [-0.2, 0) is 10.5 Å². The lowest BCUT2D eigenvalue weighted by Gasteiger charge is -2.29. The maximum Gasteiger partial charge on any atom is 0.341 e. The standard InChI is InChI=1S/C22H17NO5/c1-26-19-11-16(20(27-2)14-8-4-3-7-13(14)19)18(12-23)22(25)17-10-6-5-9-15(17)21(24)28-22/h3-11,18,25H,1-2H3. The summed E-state index contributed by atoms with van der Waals surface area (Å²) >= 11 is 0. The molecule has 140 valence electrons. The van der Waals surface area contributed by atoms with Crippen LogP contribution in [0.3, 0.4) is 0 Å². The molecule has 0 saturated heterocycles. The number of rotatable bonds is 4. The quantitative estimate of drug-likeness (QED) is 0.703. The van der Waals surface area contributed by atoms with Crippen molar-refractivity contribution in [3.63, 3.8) is 0 Å². The Morgan fingerprint density at radius 1 is 1.07 bits per heavy atom. The van der Waals surface area contributed by atoms with E-state index < -0.39 is 17.7 Å². The summed E-state index contributed by atoms with van der Waals surface area (Å²) < 4.78 is 16.4. The Bertz CT molecular complexity index is 1130. The van der Waals surface area contributed by atoms with E-state index >= 15 is 0 Å². The summed E-state index contributed by atoms with van der Waals surface area (Å²) in [6, 6.07) is 17.6. The second kappa shape index (κ2) is 6.55. The molecule has 2 unspecified atom stereocenters. The lowest BCUT2D eigenvalue weighted by atomic mass is 9.84. The van der Waals surface area contributed by atoms with Crippen LogP contribution in [0.25, 0.3) is 10.8 Å². The van der Waals surface area contributed by atoms with Gasteiger partial charge in [-0.1, -0.05) is 42.5 Å². The summed E-state index contributed by atoms with van der Waals surface area (Å²) in [6.07, 6.45) is 0. The molecule has 0 aromatic heterocycles. The molecule has 0 radical (unpaired) electrons. The van der Waals surface area contributed by atoms with E-state index in [0.717, 1.165) is 10.8 Å². The molecule has 4 rings (SSSR count). The summed E-state index contributed by atoms with van der Waals surface area (Å²) in [6.45, 7) is 0. The monoisotopic (exact) mass is 375 g/mol. The molecule has 6 nitrogen and oxygen atoms in total. The minimum Gasteiger partial charge on any atom is -0.496 e. The Labute approximate surface area is 161 Å². The van der Waals surface area contributed by atoms with Gasteiger partial charge < -0.3 is 19.3 Å². The first-order valence-electron chi connectivity index (χ1n) is 8.63. The van der Waals surface area contributed by atoms with Crippen LogP contribution in [0.2, 0.25) is 0 Å². The molecule has 1 N–H and O–H groups in total. The topological polar surface area (TPSA) is 88.8 Å². The van der Waals surface area contributed by atoms with Crippen LogP contribution in [0.5, 0.6) is 11.5 Å². The molecular formula is C22H17NO5. The van der Waals surface area contributed by atoms with Gasteiger partial charge in [-0.2, -0.15) is 5.26 Å². The lowest BCUT2D eigenvalue weighted by molar-refractivity contribution is -0.170. The number of methoxy groups -OCH3 is 2. The highest BCUT2D eigenvalue weighted by Gasteiger charge is 2.52. The van der Waals surface area contributed by atoms with Crippen molar-refractivity contribution in [2.75, 3.05) is 14.2 Å². The Morgan fingerprint density at radius 3 is 2.43 bits per heavy atom. The number of carbonyl (C=O) groups excluding carboxylic acids is 1. The molecule has 1 heterocycles. The van der Waals surface area contributed by atoms with Crippen molar-refractivity contribution in [2.24, 2.45) is 0 Å². The van der Waals surface area contributed by atoms with E-state index in [4.69, 9.17) is 14.2 Å². The number of benzene rings is 3. The number of nitriles is 1. The largest absolute Gasteiger partial charge is 0.496 e. The fourth-order valence-electron chi connectivity index (χ4n) is 3.75. The van der Waals surface area contributed by atoms with Gasteiger partial charge in [-0.05, 0) is 12.1 Å². The minimum absolute atomic E-state index is 0.233. The number of ether oxygens (including phenoxy) is 3. The molecule has 28 heavy (non-hydrogen) atoms. The predicted molar refractivity (Wildman–Crippen MR) is 101 cm³/mol. The summed E-state index contributed by atoms with van der Waals surface area (Å²) in [5, 5.41) is 22.8. The van der Waals surface area contributed by atoms with Crippen LogP contribution < -0.4 is 9.47 Å². The summed E-state index contributed by atoms with van der Waals surface area (Å²) in [5.74, 6) is -3.10. The fourth-order valence-corrected chi connectivity index (χ4v) is 3.75. The van der Waals surface area contributed by atoms with Gasteiger partial charge in [0.15, 0.2) is 0 Å². The molecule has 0 fully saturated rings. The normalized spacial score (nSPS) is 18.9. The number of carbonyl (C=O) groups is 1. The van der Waals surface area contributed by atoms with Crippen LogP contribution >= 0.6 is 0 Å². The molecule has 0 aliphatic carbocycles. The molecule has 0 amide bonds. The third-order valence-corrected chi connectivity index (χ3v) is 5.02. The van der Waals surface area contributed by atoms with E-state index in [1.165, 1.54) is 14.2 Å². The van der Waals surface area contributed by atoms with Crippen molar-refractivity contribution < 1.29 is 24.1 Å². The lowest BCUT2D eigenvalue weighted by Crippen LogP contribution is -2.33. The fraction of sp³-hybridized carbons (Fsp3) is 0.182.